The van der Waals surface area contributed by atoms with Crippen molar-refractivity contribution in [1.82, 2.24) is 4.98 Å². The number of ketones is 1. The number of Topliss-reactive ketones (excluding diaryl/α,β-unsaturated/α-hetero) is 1. The highest BCUT2D eigenvalue weighted by atomic mass is 16.5. The van der Waals surface area contributed by atoms with Crippen molar-refractivity contribution < 1.29 is 14.3 Å². The number of carbonyl (C=O) groups excluding carboxylic acids is 2. The Morgan fingerprint density at radius 2 is 2.11 bits per heavy atom. The molecule has 4 heteroatoms. The summed E-state index contributed by atoms with van der Waals surface area (Å²) >= 11 is 0. The lowest BCUT2D eigenvalue weighted by Crippen LogP contribution is -2.00. The third-order valence-electron chi connectivity index (χ3n) is 3.16. The third kappa shape index (κ3) is 3.02. The monoisotopic (exact) mass is 259 g/mol. The molecule has 100 valence electrons. The van der Waals surface area contributed by atoms with Gasteiger partial charge in [0, 0.05) is 23.5 Å². The molecule has 0 atom stereocenters. The van der Waals surface area contributed by atoms with Crippen LogP contribution >= 0.6 is 0 Å². The number of rotatable bonds is 5. The average Bonchev–Trinajstić information content (AvgIpc) is 2.80. The fraction of sp³-hybridized carbons (Fsp3) is 0.333. The molecule has 2 rings (SSSR count). The first kappa shape index (κ1) is 13.3. The van der Waals surface area contributed by atoms with Crippen molar-refractivity contribution in [1.29, 1.82) is 0 Å². The van der Waals surface area contributed by atoms with Crippen molar-refractivity contribution >= 4 is 22.7 Å². The Bertz CT molecular complexity index is 613. The number of carbonyl (C=O) groups is 2. The fourth-order valence-corrected chi connectivity index (χ4v) is 2.16. The van der Waals surface area contributed by atoms with E-state index in [0.29, 0.717) is 12.0 Å². The maximum atomic E-state index is 11.5. The first-order chi connectivity index (χ1) is 9.11. The van der Waals surface area contributed by atoms with Crippen LogP contribution in [-0.4, -0.2) is 23.8 Å². The van der Waals surface area contributed by atoms with Gasteiger partial charge in [-0.25, -0.2) is 4.79 Å². The lowest BCUT2D eigenvalue weighted by atomic mass is 10.0. The quantitative estimate of drug-likeness (QED) is 0.840. The molecule has 0 fully saturated rings. The first-order valence-electron chi connectivity index (χ1n) is 6.29. The molecule has 0 aliphatic carbocycles. The molecular weight excluding hydrogens is 242 g/mol. The highest BCUT2D eigenvalue weighted by Crippen LogP contribution is 2.22. The number of benzene rings is 1. The molecule has 0 amide bonds. The number of H-pyrrole nitrogens is 1. The highest BCUT2D eigenvalue weighted by molar-refractivity contribution is 5.95. The van der Waals surface area contributed by atoms with Crippen molar-refractivity contribution in [3.8, 4) is 0 Å². The van der Waals surface area contributed by atoms with Gasteiger partial charge in [0.2, 0.25) is 0 Å². The number of ether oxygens (including phenoxy) is 1. The number of methoxy groups -OCH3 is 1. The number of aromatic nitrogens is 1. The molecule has 4 nitrogen and oxygen atoms in total. The molecule has 0 radical (unpaired) electrons. The molecule has 0 bridgehead atoms. The number of aryl methyl sites for hydroxylation is 1. The number of aromatic amines is 1. The van der Waals surface area contributed by atoms with Crippen LogP contribution in [0.25, 0.3) is 10.9 Å². The summed E-state index contributed by atoms with van der Waals surface area (Å²) in [6, 6.07) is 5.45. The molecule has 19 heavy (non-hydrogen) atoms. The summed E-state index contributed by atoms with van der Waals surface area (Å²) in [5, 5.41) is 1.02. The van der Waals surface area contributed by atoms with Crippen LogP contribution in [0.1, 0.15) is 35.7 Å². The van der Waals surface area contributed by atoms with Crippen molar-refractivity contribution in [2.75, 3.05) is 7.11 Å². The zero-order valence-corrected chi connectivity index (χ0v) is 11.2. The number of fused-ring (bicyclic) bond motifs is 1. The van der Waals surface area contributed by atoms with E-state index in [0.717, 1.165) is 29.3 Å². The van der Waals surface area contributed by atoms with Gasteiger partial charge in [-0.3, -0.25) is 0 Å². The summed E-state index contributed by atoms with van der Waals surface area (Å²) in [5.41, 5.74) is 2.66. The van der Waals surface area contributed by atoms with Crippen molar-refractivity contribution in [3.63, 3.8) is 0 Å². The second-order valence-corrected chi connectivity index (χ2v) is 4.62. The van der Waals surface area contributed by atoms with E-state index in [9.17, 15) is 9.59 Å². The van der Waals surface area contributed by atoms with Gasteiger partial charge in [0.15, 0.2) is 0 Å². The standard InChI is InChI=1S/C15H17NO3/c1-10(17)4-3-5-12-9-16-14-7-6-11(8-13(12)14)15(18)19-2/h6-9,16H,3-5H2,1-2H3. The van der Waals surface area contributed by atoms with E-state index >= 15 is 0 Å². The lowest BCUT2D eigenvalue weighted by Gasteiger charge is -2.01. The lowest BCUT2D eigenvalue weighted by molar-refractivity contribution is -0.117. The molecule has 0 aliphatic rings. The van der Waals surface area contributed by atoms with Gasteiger partial charge < -0.3 is 14.5 Å². The molecule has 0 spiro atoms. The molecule has 1 aromatic carbocycles. The van der Waals surface area contributed by atoms with E-state index in [2.05, 4.69) is 4.98 Å². The van der Waals surface area contributed by atoms with Gasteiger partial charge >= 0.3 is 5.97 Å². The Kier molecular flexibility index (Phi) is 4.00. The molecule has 1 heterocycles. The van der Waals surface area contributed by atoms with Gasteiger partial charge in [0.25, 0.3) is 0 Å². The maximum absolute atomic E-state index is 11.5. The summed E-state index contributed by atoms with van der Waals surface area (Å²) in [7, 11) is 1.37. The zero-order chi connectivity index (χ0) is 13.8. The van der Waals surface area contributed by atoms with Crippen LogP contribution in [0.3, 0.4) is 0 Å². The molecular formula is C15H17NO3. The van der Waals surface area contributed by atoms with Gasteiger partial charge in [-0.05, 0) is 43.5 Å². The average molecular weight is 259 g/mol. The predicted octanol–water partition coefficient (Wildman–Crippen LogP) is 2.87. The van der Waals surface area contributed by atoms with E-state index in [1.807, 2.05) is 18.3 Å². The Morgan fingerprint density at radius 1 is 1.32 bits per heavy atom. The zero-order valence-electron chi connectivity index (χ0n) is 11.2. The molecule has 0 saturated heterocycles. The SMILES string of the molecule is COC(=O)c1ccc2[nH]cc(CCCC(C)=O)c2c1. The third-order valence-corrected chi connectivity index (χ3v) is 3.16. The second kappa shape index (κ2) is 5.69. The summed E-state index contributed by atoms with van der Waals surface area (Å²) in [6.45, 7) is 1.60. The van der Waals surface area contributed by atoms with Crippen LogP contribution in [0.2, 0.25) is 0 Å². The van der Waals surface area contributed by atoms with Gasteiger partial charge in [-0.1, -0.05) is 0 Å². The molecule has 0 saturated carbocycles. The first-order valence-corrected chi connectivity index (χ1v) is 6.29. The van der Waals surface area contributed by atoms with Crippen LogP contribution in [0.15, 0.2) is 24.4 Å². The van der Waals surface area contributed by atoms with Gasteiger partial charge in [0.05, 0.1) is 12.7 Å². The predicted molar refractivity (Wildman–Crippen MR) is 73.3 cm³/mol. The minimum atomic E-state index is -0.335. The number of esters is 1. The largest absolute Gasteiger partial charge is 0.465 e. The molecule has 2 aromatic rings. The van der Waals surface area contributed by atoms with Gasteiger partial charge in [-0.2, -0.15) is 0 Å². The fourth-order valence-electron chi connectivity index (χ4n) is 2.16. The molecule has 1 N–H and O–H groups in total. The van der Waals surface area contributed by atoms with E-state index in [1.165, 1.54) is 7.11 Å². The summed E-state index contributed by atoms with van der Waals surface area (Å²) in [5.74, 6) is -0.132. The van der Waals surface area contributed by atoms with Crippen LogP contribution in [-0.2, 0) is 16.0 Å². The van der Waals surface area contributed by atoms with E-state index in [-0.39, 0.29) is 11.8 Å². The van der Waals surface area contributed by atoms with Crippen molar-refractivity contribution in [2.45, 2.75) is 26.2 Å². The summed E-state index contributed by atoms with van der Waals surface area (Å²) in [4.78, 5) is 25.6. The van der Waals surface area contributed by atoms with Crippen molar-refractivity contribution in [3.05, 3.63) is 35.5 Å². The van der Waals surface area contributed by atoms with Crippen LogP contribution in [0.4, 0.5) is 0 Å². The second-order valence-electron chi connectivity index (χ2n) is 4.62. The Morgan fingerprint density at radius 3 is 2.79 bits per heavy atom. The van der Waals surface area contributed by atoms with E-state index < -0.39 is 0 Å². The Hall–Kier alpha value is -2.10. The van der Waals surface area contributed by atoms with Crippen LogP contribution in [0, 0.1) is 0 Å². The minimum Gasteiger partial charge on any atom is -0.465 e. The molecule has 0 unspecified atom stereocenters. The normalized spacial score (nSPS) is 10.6. The summed E-state index contributed by atoms with van der Waals surface area (Å²) in [6.07, 6.45) is 4.17. The van der Waals surface area contributed by atoms with Gasteiger partial charge in [0.1, 0.15) is 5.78 Å². The minimum absolute atomic E-state index is 0.204. The van der Waals surface area contributed by atoms with E-state index in [1.54, 1.807) is 13.0 Å². The smallest absolute Gasteiger partial charge is 0.337 e. The highest BCUT2D eigenvalue weighted by Gasteiger charge is 2.09. The van der Waals surface area contributed by atoms with Crippen LogP contribution < -0.4 is 0 Å². The molecule has 1 aromatic heterocycles. The number of hydrogen-bond donors (Lipinski definition) is 1. The topological polar surface area (TPSA) is 59.2 Å². The van der Waals surface area contributed by atoms with Gasteiger partial charge in [-0.15, -0.1) is 0 Å². The summed E-state index contributed by atoms with van der Waals surface area (Å²) < 4.78 is 4.72. The molecule has 0 aliphatic heterocycles. The number of hydrogen-bond acceptors (Lipinski definition) is 3. The van der Waals surface area contributed by atoms with E-state index in [4.69, 9.17) is 4.74 Å². The van der Waals surface area contributed by atoms with Crippen LogP contribution in [0.5, 0.6) is 0 Å². The Balaban J connectivity index is 2.24. The Labute approximate surface area is 111 Å². The number of nitrogens with one attached hydrogen (secondary N) is 1. The van der Waals surface area contributed by atoms with Crippen molar-refractivity contribution in [2.24, 2.45) is 0 Å². The maximum Gasteiger partial charge on any atom is 0.337 e.